The number of aromatic hydroxyl groups is 1. The third-order valence-electron chi connectivity index (χ3n) is 4.29. The van der Waals surface area contributed by atoms with Gasteiger partial charge in [-0.3, -0.25) is 4.79 Å². The molecule has 0 atom stereocenters. The van der Waals surface area contributed by atoms with Gasteiger partial charge in [-0.15, -0.1) is 0 Å². The third-order valence-corrected chi connectivity index (χ3v) is 5.32. The maximum atomic E-state index is 13.0. The molecule has 0 bridgehead atoms. The van der Waals surface area contributed by atoms with Crippen molar-refractivity contribution in [2.75, 3.05) is 25.1 Å². The average molecular weight is 441 g/mol. The van der Waals surface area contributed by atoms with E-state index in [4.69, 9.17) is 15.2 Å². The van der Waals surface area contributed by atoms with E-state index in [2.05, 4.69) is 5.32 Å². The van der Waals surface area contributed by atoms with Crippen molar-refractivity contribution in [1.82, 2.24) is 0 Å². The summed E-state index contributed by atoms with van der Waals surface area (Å²) >= 11 is 1.15. The number of benzene rings is 2. The molecule has 0 saturated carbocycles. The highest BCUT2D eigenvalue weighted by molar-refractivity contribution is 8.08. The molecular formula is C23H24N2O5S. The quantitative estimate of drug-likeness (QED) is 0.234. The first-order valence-corrected chi connectivity index (χ1v) is 10.7. The lowest BCUT2D eigenvalue weighted by Gasteiger charge is -2.08. The number of Topliss-reactive ketones (excluding diaryl/α,β-unsaturated/α-hetero) is 1. The molecule has 0 fully saturated rings. The Morgan fingerprint density at radius 1 is 1.23 bits per heavy atom. The van der Waals surface area contributed by atoms with E-state index < -0.39 is 11.8 Å². The summed E-state index contributed by atoms with van der Waals surface area (Å²) < 4.78 is 10.6. The molecular weight excluding hydrogens is 416 g/mol. The van der Waals surface area contributed by atoms with Gasteiger partial charge >= 0.3 is 5.97 Å². The molecule has 2 aromatic rings. The molecule has 1 heterocycles. The zero-order valence-electron chi connectivity index (χ0n) is 17.1. The lowest BCUT2D eigenvalue weighted by Crippen LogP contribution is -2.16. The first-order chi connectivity index (χ1) is 15.0. The number of anilines is 1. The molecule has 0 spiro atoms. The smallest absolute Gasteiger partial charge is 0.344 e. The van der Waals surface area contributed by atoms with E-state index in [0.717, 1.165) is 17.4 Å². The molecule has 2 aromatic carbocycles. The van der Waals surface area contributed by atoms with Crippen molar-refractivity contribution < 1.29 is 24.2 Å². The van der Waals surface area contributed by atoms with Gasteiger partial charge < -0.3 is 25.6 Å². The minimum atomic E-state index is -0.673. The van der Waals surface area contributed by atoms with E-state index >= 15 is 0 Å². The number of carbonyl (C=O) groups excluding carboxylic acids is 2. The molecule has 0 unspecified atom stereocenters. The molecule has 7 nitrogen and oxygen atoms in total. The third kappa shape index (κ3) is 5.68. The highest BCUT2D eigenvalue weighted by atomic mass is 32.2. The summed E-state index contributed by atoms with van der Waals surface area (Å²) in [6, 6.07) is 14.1. The topological polar surface area (TPSA) is 111 Å². The Morgan fingerprint density at radius 2 is 2.00 bits per heavy atom. The standard InChI is InChI=1S/C23H24N2O5S/c1-2-29-23(28)20-21(27)19(31-22(20)25-16-7-4-3-5-8-16)14-15-9-10-18(17(26)13-15)30-12-6-11-24/h3-5,7-10,13-14,25-26H,2,6,11-12,24H2,1H3/b19-14-. The van der Waals surface area contributed by atoms with Crippen molar-refractivity contribution in [2.45, 2.75) is 13.3 Å². The minimum Gasteiger partial charge on any atom is -0.504 e. The van der Waals surface area contributed by atoms with Crippen LogP contribution in [0.2, 0.25) is 0 Å². The highest BCUT2D eigenvalue weighted by Gasteiger charge is 2.35. The van der Waals surface area contributed by atoms with Gasteiger partial charge in [0.15, 0.2) is 11.5 Å². The number of carbonyl (C=O) groups is 2. The molecule has 1 aliphatic rings. The van der Waals surface area contributed by atoms with Gasteiger partial charge in [0.05, 0.1) is 23.1 Å². The molecule has 3 rings (SSSR count). The van der Waals surface area contributed by atoms with Gasteiger partial charge in [-0.2, -0.15) is 0 Å². The maximum absolute atomic E-state index is 13.0. The Bertz CT molecular complexity index is 1020. The number of phenols is 1. The predicted octanol–water partition coefficient (Wildman–Crippen LogP) is 3.66. The summed E-state index contributed by atoms with van der Waals surface area (Å²) in [7, 11) is 0. The van der Waals surface area contributed by atoms with Gasteiger partial charge in [0.25, 0.3) is 0 Å². The number of phenolic OH excluding ortho intramolecular Hbond substituents is 1. The number of hydrogen-bond acceptors (Lipinski definition) is 8. The van der Waals surface area contributed by atoms with Crippen molar-refractivity contribution in [2.24, 2.45) is 5.73 Å². The number of para-hydroxylation sites is 1. The number of thioether (sulfide) groups is 1. The molecule has 0 amide bonds. The van der Waals surface area contributed by atoms with Gasteiger partial charge in [-0.05, 0) is 55.8 Å². The van der Waals surface area contributed by atoms with Crippen molar-refractivity contribution in [3.63, 3.8) is 0 Å². The molecule has 4 N–H and O–H groups in total. The van der Waals surface area contributed by atoms with Crippen LogP contribution in [0.1, 0.15) is 18.9 Å². The summed E-state index contributed by atoms with van der Waals surface area (Å²) in [6.07, 6.45) is 2.30. The van der Waals surface area contributed by atoms with Crippen LogP contribution in [-0.4, -0.2) is 36.6 Å². The Hall–Kier alpha value is -3.23. The van der Waals surface area contributed by atoms with E-state index in [1.54, 1.807) is 25.1 Å². The fourth-order valence-corrected chi connectivity index (χ4v) is 3.88. The van der Waals surface area contributed by atoms with Gasteiger partial charge in [-0.25, -0.2) is 4.79 Å². The number of rotatable bonds is 9. The Labute approximate surface area is 184 Å². The number of esters is 1. The van der Waals surface area contributed by atoms with Crippen molar-refractivity contribution in [3.8, 4) is 11.5 Å². The largest absolute Gasteiger partial charge is 0.504 e. The number of ketones is 1. The zero-order valence-corrected chi connectivity index (χ0v) is 17.9. The second kappa shape index (κ2) is 10.7. The first-order valence-electron chi connectivity index (χ1n) is 9.87. The SMILES string of the molecule is CCOC(=O)C1=C(Nc2ccccc2)S/C(=C\c2ccc(OCCCN)c(O)c2)C1=O. The molecule has 0 aliphatic carbocycles. The molecule has 8 heteroatoms. The van der Waals surface area contributed by atoms with Crippen molar-refractivity contribution in [3.05, 3.63) is 69.6 Å². The highest BCUT2D eigenvalue weighted by Crippen LogP contribution is 2.41. The monoisotopic (exact) mass is 440 g/mol. The first kappa shape index (κ1) is 22.5. The summed E-state index contributed by atoms with van der Waals surface area (Å²) in [5.41, 5.74) is 6.76. The Kier molecular flexibility index (Phi) is 7.75. The van der Waals surface area contributed by atoms with Crippen LogP contribution in [0, 0.1) is 0 Å². The van der Waals surface area contributed by atoms with E-state index in [-0.39, 0.29) is 17.9 Å². The number of hydrogen-bond donors (Lipinski definition) is 3. The number of ether oxygens (including phenoxy) is 2. The normalized spacial score (nSPS) is 14.8. The fraction of sp³-hybridized carbons (Fsp3) is 0.217. The molecule has 1 aliphatic heterocycles. The van der Waals surface area contributed by atoms with Gasteiger partial charge in [0, 0.05) is 5.69 Å². The number of nitrogens with one attached hydrogen (secondary N) is 1. The van der Waals surface area contributed by atoms with Gasteiger partial charge in [0.2, 0.25) is 5.78 Å². The molecule has 0 radical (unpaired) electrons. The van der Waals surface area contributed by atoms with E-state index in [1.165, 1.54) is 6.07 Å². The summed E-state index contributed by atoms with van der Waals surface area (Å²) in [4.78, 5) is 25.7. The molecule has 31 heavy (non-hydrogen) atoms. The van der Waals surface area contributed by atoms with Crippen LogP contribution >= 0.6 is 11.8 Å². The van der Waals surface area contributed by atoms with Crippen LogP contribution in [0.25, 0.3) is 6.08 Å². The van der Waals surface area contributed by atoms with Crippen LogP contribution in [-0.2, 0) is 14.3 Å². The minimum absolute atomic E-state index is 0.0343. The van der Waals surface area contributed by atoms with Crippen LogP contribution in [0.3, 0.4) is 0 Å². The second-order valence-corrected chi connectivity index (χ2v) is 7.63. The maximum Gasteiger partial charge on any atom is 0.344 e. The number of nitrogens with two attached hydrogens (primary N) is 1. The lowest BCUT2D eigenvalue weighted by molar-refractivity contribution is -0.139. The van der Waals surface area contributed by atoms with Crippen LogP contribution in [0.15, 0.2) is 64.0 Å². The van der Waals surface area contributed by atoms with Gasteiger partial charge in [0.1, 0.15) is 5.57 Å². The molecule has 162 valence electrons. The summed E-state index contributed by atoms with van der Waals surface area (Å²) in [5, 5.41) is 13.7. The van der Waals surface area contributed by atoms with E-state index in [9.17, 15) is 14.7 Å². The zero-order chi connectivity index (χ0) is 22.2. The van der Waals surface area contributed by atoms with E-state index in [0.29, 0.717) is 40.8 Å². The lowest BCUT2D eigenvalue weighted by atomic mass is 10.1. The fourth-order valence-electron chi connectivity index (χ4n) is 2.82. The second-order valence-electron chi connectivity index (χ2n) is 6.57. The van der Waals surface area contributed by atoms with Gasteiger partial charge in [-0.1, -0.05) is 36.0 Å². The number of allylic oxidation sites excluding steroid dienone is 1. The molecule has 0 aromatic heterocycles. The molecule has 0 saturated heterocycles. The van der Waals surface area contributed by atoms with Crippen molar-refractivity contribution in [1.29, 1.82) is 0 Å². The predicted molar refractivity (Wildman–Crippen MR) is 122 cm³/mol. The van der Waals surface area contributed by atoms with Crippen LogP contribution in [0.4, 0.5) is 5.69 Å². The average Bonchev–Trinajstić information content (AvgIpc) is 3.05. The Morgan fingerprint density at radius 3 is 2.68 bits per heavy atom. The Balaban J connectivity index is 1.84. The van der Waals surface area contributed by atoms with Crippen LogP contribution in [0.5, 0.6) is 11.5 Å². The van der Waals surface area contributed by atoms with Crippen LogP contribution < -0.4 is 15.8 Å². The summed E-state index contributed by atoms with van der Waals surface area (Å²) in [6.45, 7) is 2.75. The van der Waals surface area contributed by atoms with Crippen molar-refractivity contribution >= 4 is 35.3 Å². The van der Waals surface area contributed by atoms with E-state index in [1.807, 2.05) is 30.3 Å². The summed E-state index contributed by atoms with van der Waals surface area (Å²) in [5.74, 6) is -0.793.